The monoisotopic (exact) mass is 616 g/mol. The number of methoxy groups -OCH3 is 2. The van der Waals surface area contributed by atoms with Gasteiger partial charge in [-0.3, -0.25) is 9.59 Å². The molecule has 44 heavy (non-hydrogen) atoms. The second-order valence-electron chi connectivity index (χ2n) is 9.99. The van der Waals surface area contributed by atoms with E-state index < -0.39 is 29.3 Å². The summed E-state index contributed by atoms with van der Waals surface area (Å²) in [6.45, 7) is 6.03. The van der Waals surface area contributed by atoms with Crippen LogP contribution in [0.4, 0.5) is 26.3 Å². The van der Waals surface area contributed by atoms with Gasteiger partial charge in [0.25, 0.3) is 0 Å². The van der Waals surface area contributed by atoms with Crippen LogP contribution in [-0.4, -0.2) is 25.8 Å². The van der Waals surface area contributed by atoms with Gasteiger partial charge in [0.05, 0.1) is 25.3 Å². The summed E-state index contributed by atoms with van der Waals surface area (Å²) in [4.78, 5) is 22.7. The number of aryl methyl sites for hydroxylation is 2. The van der Waals surface area contributed by atoms with Crippen LogP contribution in [0.3, 0.4) is 0 Å². The molecule has 0 aliphatic carbocycles. The Kier molecular flexibility index (Phi) is 10.3. The second-order valence-corrected chi connectivity index (χ2v) is 9.99. The molecule has 0 spiro atoms. The Morgan fingerprint density at radius 2 is 0.886 bits per heavy atom. The minimum atomic E-state index is -4.58. The van der Waals surface area contributed by atoms with Gasteiger partial charge in [0.1, 0.15) is 11.5 Å². The van der Waals surface area contributed by atoms with Gasteiger partial charge >= 0.3 is 12.4 Å². The Hall–Kier alpha value is -4.60. The molecule has 0 aliphatic rings. The lowest BCUT2D eigenvalue weighted by Crippen LogP contribution is -2.09. The molecule has 4 rings (SSSR count). The number of rotatable bonds is 6. The average molecular weight is 617 g/mol. The van der Waals surface area contributed by atoms with E-state index in [2.05, 4.69) is 0 Å². The number of ether oxygens (including phenoxy) is 2. The first kappa shape index (κ1) is 33.9. The van der Waals surface area contributed by atoms with Gasteiger partial charge in [0.2, 0.25) is 0 Å². The van der Waals surface area contributed by atoms with Crippen LogP contribution >= 0.6 is 0 Å². The zero-order chi connectivity index (χ0) is 33.0. The molecular weight excluding hydrogens is 586 g/mol. The SMILES string of the molecule is CC(=O)c1ccc(-c2ccc(C(C)=O)cc2C(F)(F)F)c(C)c1.COc1ccc(-c2ccc(OC)cc2C(F)(F)F)c(C)c1. The fourth-order valence-corrected chi connectivity index (χ4v) is 4.60. The molecule has 0 aromatic heterocycles. The van der Waals surface area contributed by atoms with Crippen LogP contribution in [0.2, 0.25) is 0 Å². The largest absolute Gasteiger partial charge is 0.497 e. The molecule has 0 radical (unpaired) electrons. The van der Waals surface area contributed by atoms with Gasteiger partial charge in [-0.2, -0.15) is 26.3 Å². The number of carbonyl (C=O) groups is 2. The maximum atomic E-state index is 13.4. The van der Waals surface area contributed by atoms with E-state index in [-0.39, 0.29) is 28.2 Å². The zero-order valence-electron chi connectivity index (χ0n) is 24.8. The summed E-state index contributed by atoms with van der Waals surface area (Å²) >= 11 is 0. The van der Waals surface area contributed by atoms with Crippen molar-refractivity contribution in [3.05, 3.63) is 106 Å². The summed E-state index contributed by atoms with van der Waals surface area (Å²) < 4.78 is 89.8. The Morgan fingerprint density at radius 3 is 1.30 bits per heavy atom. The lowest BCUT2D eigenvalue weighted by Gasteiger charge is -2.16. The molecule has 0 fully saturated rings. The van der Waals surface area contributed by atoms with Gasteiger partial charge in [0, 0.05) is 11.1 Å². The third-order valence-electron chi connectivity index (χ3n) is 6.91. The normalized spacial score (nSPS) is 11.4. The third-order valence-corrected chi connectivity index (χ3v) is 6.91. The van der Waals surface area contributed by atoms with Gasteiger partial charge in [0.15, 0.2) is 11.6 Å². The summed E-state index contributed by atoms with van der Waals surface area (Å²) in [6, 6.07) is 17.1. The van der Waals surface area contributed by atoms with Crippen molar-refractivity contribution in [1.82, 2.24) is 0 Å². The van der Waals surface area contributed by atoms with Crippen LogP contribution in [0.1, 0.15) is 56.8 Å². The van der Waals surface area contributed by atoms with Crippen LogP contribution in [0.5, 0.6) is 11.5 Å². The Bertz CT molecular complexity index is 1690. The molecule has 0 saturated heterocycles. The molecule has 0 N–H and O–H groups in total. The molecule has 4 aromatic carbocycles. The Labute approximate surface area is 251 Å². The molecule has 0 aliphatic heterocycles. The molecule has 232 valence electrons. The maximum absolute atomic E-state index is 13.4. The maximum Gasteiger partial charge on any atom is 0.417 e. The molecule has 0 atom stereocenters. The van der Waals surface area contributed by atoms with Gasteiger partial charge in [-0.15, -0.1) is 0 Å². The summed E-state index contributed by atoms with van der Waals surface area (Å²) in [7, 11) is 2.86. The summed E-state index contributed by atoms with van der Waals surface area (Å²) in [5, 5.41) is 0. The molecule has 4 nitrogen and oxygen atoms in total. The first-order valence-corrected chi connectivity index (χ1v) is 13.2. The average Bonchev–Trinajstić information content (AvgIpc) is 2.95. The van der Waals surface area contributed by atoms with Crippen LogP contribution in [0.15, 0.2) is 72.8 Å². The topological polar surface area (TPSA) is 52.6 Å². The molecule has 0 unspecified atom stereocenters. The van der Waals surface area contributed by atoms with Crippen molar-refractivity contribution < 1.29 is 45.4 Å². The predicted molar refractivity (Wildman–Crippen MR) is 156 cm³/mol. The minimum absolute atomic E-state index is 0.00454. The minimum Gasteiger partial charge on any atom is -0.497 e. The Balaban J connectivity index is 0.000000241. The number of ketones is 2. The standard InChI is InChI=1S/C18H15F3O2.C16H15F3O2/c1-10-8-13(11(2)22)4-6-15(10)16-7-5-14(12(3)23)9-17(16)18(19,20)21;1-10-8-11(20-2)4-6-13(10)14-7-5-12(21-3)9-15(14)16(17,18)19/h4-9H,1-3H3;4-9H,1-3H3. The molecular formula is C34H30F6O4. The van der Waals surface area contributed by atoms with Crippen molar-refractivity contribution in [2.45, 2.75) is 40.0 Å². The number of carbonyl (C=O) groups excluding carboxylic acids is 2. The summed E-state index contributed by atoms with van der Waals surface area (Å²) in [5.41, 5.74) is 1.20. The van der Waals surface area contributed by atoms with Crippen molar-refractivity contribution in [2.24, 2.45) is 0 Å². The zero-order valence-corrected chi connectivity index (χ0v) is 24.8. The second kappa shape index (κ2) is 13.4. The number of Topliss-reactive ketones (excluding diaryl/α,β-unsaturated/α-hetero) is 2. The highest BCUT2D eigenvalue weighted by molar-refractivity contribution is 5.96. The highest BCUT2D eigenvalue weighted by atomic mass is 19.4. The van der Waals surface area contributed by atoms with E-state index in [1.54, 1.807) is 38.1 Å². The number of benzene rings is 4. The summed E-state index contributed by atoms with van der Waals surface area (Å²) in [5.74, 6) is 0.212. The van der Waals surface area contributed by atoms with Crippen molar-refractivity contribution in [3.8, 4) is 33.8 Å². The number of hydrogen-bond donors (Lipinski definition) is 0. The van der Waals surface area contributed by atoms with Crippen molar-refractivity contribution in [1.29, 1.82) is 0 Å². The third kappa shape index (κ3) is 7.86. The Morgan fingerprint density at radius 1 is 0.523 bits per heavy atom. The van der Waals surface area contributed by atoms with E-state index in [1.807, 2.05) is 0 Å². The van der Waals surface area contributed by atoms with E-state index >= 15 is 0 Å². The number of hydrogen-bond acceptors (Lipinski definition) is 4. The van der Waals surface area contributed by atoms with Crippen LogP contribution in [0.25, 0.3) is 22.3 Å². The smallest absolute Gasteiger partial charge is 0.417 e. The van der Waals surface area contributed by atoms with Crippen molar-refractivity contribution in [3.63, 3.8) is 0 Å². The first-order valence-electron chi connectivity index (χ1n) is 13.2. The quantitative estimate of drug-likeness (QED) is 0.160. The van der Waals surface area contributed by atoms with Crippen molar-refractivity contribution in [2.75, 3.05) is 14.2 Å². The molecule has 0 heterocycles. The van der Waals surface area contributed by atoms with E-state index in [9.17, 15) is 35.9 Å². The number of halogens is 6. The fourth-order valence-electron chi connectivity index (χ4n) is 4.60. The lowest BCUT2D eigenvalue weighted by atomic mass is 9.92. The van der Waals surface area contributed by atoms with Gasteiger partial charge < -0.3 is 9.47 Å². The highest BCUT2D eigenvalue weighted by Crippen LogP contribution is 2.41. The van der Waals surface area contributed by atoms with Crippen LogP contribution in [0, 0.1) is 13.8 Å². The van der Waals surface area contributed by atoms with Crippen molar-refractivity contribution >= 4 is 11.6 Å². The number of alkyl halides is 6. The van der Waals surface area contributed by atoms with E-state index in [0.29, 0.717) is 33.6 Å². The van der Waals surface area contributed by atoms with Gasteiger partial charge in [-0.1, -0.05) is 36.4 Å². The van der Waals surface area contributed by atoms with Crippen LogP contribution < -0.4 is 9.47 Å². The highest BCUT2D eigenvalue weighted by Gasteiger charge is 2.35. The van der Waals surface area contributed by atoms with E-state index in [1.165, 1.54) is 64.5 Å². The molecule has 0 bridgehead atoms. The first-order chi connectivity index (χ1) is 20.5. The molecule has 0 amide bonds. The molecule has 4 aromatic rings. The predicted octanol–water partition coefficient (Wildman–Crippen LogP) is 9.78. The van der Waals surface area contributed by atoms with Gasteiger partial charge in [-0.25, -0.2) is 0 Å². The van der Waals surface area contributed by atoms with E-state index in [0.717, 1.165) is 12.1 Å². The fraction of sp³-hybridized carbons (Fsp3) is 0.235. The molecule has 0 saturated carbocycles. The lowest BCUT2D eigenvalue weighted by molar-refractivity contribution is -0.138. The van der Waals surface area contributed by atoms with Crippen LogP contribution in [-0.2, 0) is 12.4 Å². The summed E-state index contributed by atoms with van der Waals surface area (Å²) in [6.07, 6.45) is -9.03. The van der Waals surface area contributed by atoms with E-state index in [4.69, 9.17) is 9.47 Å². The van der Waals surface area contributed by atoms with Gasteiger partial charge in [-0.05, 0) is 97.5 Å². The molecule has 10 heteroatoms.